The summed E-state index contributed by atoms with van der Waals surface area (Å²) in [5.41, 5.74) is 9.69. The molecular formula is C3H9N4O4P. The molecule has 0 aromatic carbocycles. The molecule has 12 heavy (non-hydrogen) atoms. The molecule has 0 spiro atoms. The molecule has 0 aromatic heterocycles. The lowest BCUT2D eigenvalue weighted by Crippen LogP contribution is -2.22. The van der Waals surface area contributed by atoms with E-state index in [0.29, 0.717) is 13.1 Å². The van der Waals surface area contributed by atoms with Crippen LogP contribution in [0.15, 0.2) is 5.16 Å². The molecule has 1 fully saturated rings. The summed E-state index contributed by atoms with van der Waals surface area (Å²) in [4.78, 5) is 8.82. The van der Waals surface area contributed by atoms with E-state index in [-0.39, 0.29) is 0 Å². The molecule has 1 aliphatic heterocycles. The Morgan fingerprint density at radius 1 is 1.58 bits per heavy atom. The predicted octanol–water partition coefficient (Wildman–Crippen LogP) is -1.46. The topological polar surface area (TPSA) is 123 Å². The number of nitrogens with two attached hydrogens (primary N) is 2. The van der Waals surface area contributed by atoms with Gasteiger partial charge in [-0.2, -0.15) is 9.69 Å². The van der Waals surface area contributed by atoms with Crippen LogP contribution in [0, 0.1) is 0 Å². The molecule has 0 saturated carbocycles. The molecule has 0 amide bonds. The standard InChI is InChI=1S/C3H9N4O4P/c4-3(5)6-10-12(8,9)11-7-1-2-7/h1-2H2,(H,8,9)(H4,4,5,6). The van der Waals surface area contributed by atoms with Crippen LogP contribution in [0.2, 0.25) is 0 Å². The molecule has 0 aliphatic carbocycles. The molecule has 70 valence electrons. The Labute approximate surface area is 68.3 Å². The van der Waals surface area contributed by atoms with Crippen molar-refractivity contribution in [3.05, 3.63) is 0 Å². The van der Waals surface area contributed by atoms with Gasteiger partial charge in [0.05, 0.1) is 0 Å². The summed E-state index contributed by atoms with van der Waals surface area (Å²) in [7, 11) is -4.16. The minimum Gasteiger partial charge on any atom is -0.367 e. The quantitative estimate of drug-likeness (QED) is 0.165. The average molecular weight is 196 g/mol. The summed E-state index contributed by atoms with van der Waals surface area (Å²) in [6.07, 6.45) is 0. The first-order chi connectivity index (χ1) is 5.49. The van der Waals surface area contributed by atoms with Crippen LogP contribution >= 0.6 is 7.82 Å². The Morgan fingerprint density at radius 2 is 2.17 bits per heavy atom. The lowest BCUT2D eigenvalue weighted by molar-refractivity contribution is 0.0142. The molecule has 1 unspecified atom stereocenters. The van der Waals surface area contributed by atoms with Crippen LogP contribution in [0.3, 0.4) is 0 Å². The molecule has 8 nitrogen and oxygen atoms in total. The van der Waals surface area contributed by atoms with Gasteiger partial charge in [0, 0.05) is 13.1 Å². The zero-order valence-electron chi connectivity index (χ0n) is 6.08. The number of guanidine groups is 1. The number of hydroxylamine groups is 2. The van der Waals surface area contributed by atoms with Crippen molar-refractivity contribution in [2.75, 3.05) is 13.1 Å². The Morgan fingerprint density at radius 3 is 2.58 bits per heavy atom. The van der Waals surface area contributed by atoms with Gasteiger partial charge < -0.3 is 11.5 Å². The third kappa shape index (κ3) is 3.54. The first-order valence-electron chi connectivity index (χ1n) is 3.05. The number of nitrogens with zero attached hydrogens (tertiary/aromatic N) is 2. The van der Waals surface area contributed by atoms with Gasteiger partial charge >= 0.3 is 7.82 Å². The molecule has 5 N–H and O–H groups in total. The van der Waals surface area contributed by atoms with E-state index in [4.69, 9.17) is 16.4 Å². The SMILES string of the molecule is NC(N)=NOP(=O)(O)ON1CC1. The van der Waals surface area contributed by atoms with Crippen molar-refractivity contribution < 1.29 is 18.7 Å². The second-order valence-electron chi connectivity index (χ2n) is 2.08. The molecule has 0 aromatic rings. The number of phosphoric acid groups is 1. The summed E-state index contributed by atoms with van der Waals surface area (Å²) in [5.74, 6) is -0.446. The third-order valence-corrected chi connectivity index (χ3v) is 1.60. The lowest BCUT2D eigenvalue weighted by atomic mass is 11.0. The molecule has 1 saturated heterocycles. The van der Waals surface area contributed by atoms with Crippen molar-refractivity contribution >= 4 is 13.8 Å². The van der Waals surface area contributed by atoms with Crippen LogP contribution in [0.25, 0.3) is 0 Å². The Bertz CT molecular complexity index is 234. The van der Waals surface area contributed by atoms with Gasteiger partial charge in [-0.3, -0.25) is 9.52 Å². The second-order valence-corrected chi connectivity index (χ2v) is 3.34. The molecule has 9 heteroatoms. The van der Waals surface area contributed by atoms with Gasteiger partial charge in [-0.1, -0.05) is 0 Å². The number of rotatable bonds is 4. The van der Waals surface area contributed by atoms with Gasteiger partial charge in [0.2, 0.25) is 5.96 Å². The fourth-order valence-corrected chi connectivity index (χ4v) is 1.06. The maximum Gasteiger partial charge on any atom is 0.565 e. The average Bonchev–Trinajstić information content (AvgIpc) is 2.67. The van der Waals surface area contributed by atoms with Crippen molar-refractivity contribution in [1.29, 1.82) is 0 Å². The highest BCUT2D eigenvalue weighted by molar-refractivity contribution is 7.47. The fraction of sp³-hybridized carbons (Fsp3) is 0.667. The van der Waals surface area contributed by atoms with Gasteiger partial charge in [0.25, 0.3) is 0 Å². The predicted molar refractivity (Wildman–Crippen MR) is 39.4 cm³/mol. The van der Waals surface area contributed by atoms with Crippen LogP contribution < -0.4 is 11.5 Å². The van der Waals surface area contributed by atoms with Gasteiger partial charge in [-0.25, -0.2) is 4.57 Å². The van der Waals surface area contributed by atoms with Crippen LogP contribution in [-0.4, -0.2) is 29.0 Å². The molecule has 1 heterocycles. The first kappa shape index (κ1) is 9.27. The van der Waals surface area contributed by atoms with E-state index in [9.17, 15) is 4.57 Å². The van der Waals surface area contributed by atoms with E-state index < -0.39 is 13.8 Å². The van der Waals surface area contributed by atoms with Gasteiger partial charge in [0.15, 0.2) is 0 Å². The summed E-state index contributed by atoms with van der Waals surface area (Å²) in [6, 6.07) is 0. The van der Waals surface area contributed by atoms with Gasteiger partial charge in [-0.05, 0) is 5.16 Å². The van der Waals surface area contributed by atoms with Crippen molar-refractivity contribution in [1.82, 2.24) is 5.06 Å². The molecule has 1 atom stereocenters. The van der Waals surface area contributed by atoms with E-state index in [0.717, 1.165) is 0 Å². The normalized spacial score (nSPS) is 21.1. The molecular weight excluding hydrogens is 187 g/mol. The maximum absolute atomic E-state index is 10.8. The summed E-state index contributed by atoms with van der Waals surface area (Å²) in [5, 5.41) is 4.12. The molecule has 1 rings (SSSR count). The van der Waals surface area contributed by atoms with Crippen LogP contribution in [0.4, 0.5) is 0 Å². The minimum absolute atomic E-state index is 0.446. The fourth-order valence-electron chi connectivity index (χ4n) is 0.382. The largest absolute Gasteiger partial charge is 0.565 e. The maximum atomic E-state index is 10.8. The monoisotopic (exact) mass is 196 g/mol. The zero-order chi connectivity index (χ0) is 9.19. The van der Waals surface area contributed by atoms with Crippen molar-refractivity contribution in [3.63, 3.8) is 0 Å². The number of hydrogen-bond acceptors (Lipinski definition) is 5. The minimum atomic E-state index is -4.16. The molecule has 0 radical (unpaired) electrons. The first-order valence-corrected chi connectivity index (χ1v) is 4.54. The summed E-state index contributed by atoms with van der Waals surface area (Å²) >= 11 is 0. The Hall–Kier alpha value is -0.820. The number of oxime groups is 1. The van der Waals surface area contributed by atoms with E-state index >= 15 is 0 Å². The Kier molecular flexibility index (Phi) is 2.53. The zero-order valence-corrected chi connectivity index (χ0v) is 6.98. The van der Waals surface area contributed by atoms with Crippen molar-refractivity contribution in [2.45, 2.75) is 0 Å². The van der Waals surface area contributed by atoms with Crippen molar-refractivity contribution in [3.8, 4) is 0 Å². The third-order valence-electron chi connectivity index (χ3n) is 0.874. The Balaban J connectivity index is 2.36. The second kappa shape index (κ2) is 3.28. The van der Waals surface area contributed by atoms with E-state index in [1.165, 1.54) is 5.06 Å². The molecule has 1 aliphatic rings. The van der Waals surface area contributed by atoms with E-state index in [1.54, 1.807) is 0 Å². The smallest absolute Gasteiger partial charge is 0.367 e. The molecule has 0 bridgehead atoms. The van der Waals surface area contributed by atoms with E-state index in [2.05, 4.69) is 14.4 Å². The van der Waals surface area contributed by atoms with Crippen LogP contribution in [-0.2, 0) is 13.8 Å². The highest BCUT2D eigenvalue weighted by atomic mass is 31.2. The highest BCUT2D eigenvalue weighted by Gasteiger charge is 2.32. The number of hydrogen-bond donors (Lipinski definition) is 3. The van der Waals surface area contributed by atoms with Crippen molar-refractivity contribution in [2.24, 2.45) is 16.6 Å². The van der Waals surface area contributed by atoms with Crippen LogP contribution in [0.5, 0.6) is 0 Å². The lowest BCUT2D eigenvalue weighted by Gasteiger charge is -2.06. The summed E-state index contributed by atoms with van der Waals surface area (Å²) in [6.45, 7) is 1.19. The highest BCUT2D eigenvalue weighted by Crippen LogP contribution is 2.45. The summed E-state index contributed by atoms with van der Waals surface area (Å²) < 4.78 is 19.3. The van der Waals surface area contributed by atoms with E-state index in [1.807, 2.05) is 0 Å². The van der Waals surface area contributed by atoms with Gasteiger partial charge in [0.1, 0.15) is 0 Å². The van der Waals surface area contributed by atoms with Crippen LogP contribution in [0.1, 0.15) is 0 Å². The van der Waals surface area contributed by atoms with Gasteiger partial charge in [-0.15, -0.1) is 0 Å².